The molecule has 2 heterocycles. The maximum absolute atomic E-state index is 13.4. The van der Waals surface area contributed by atoms with Gasteiger partial charge in [-0.05, 0) is 73.6 Å². The van der Waals surface area contributed by atoms with Crippen molar-refractivity contribution in [3.63, 3.8) is 0 Å². The van der Waals surface area contributed by atoms with Crippen LogP contribution in [0, 0.1) is 0 Å². The summed E-state index contributed by atoms with van der Waals surface area (Å²) in [5, 5.41) is 7.03. The van der Waals surface area contributed by atoms with Gasteiger partial charge in [-0.15, -0.1) is 0 Å². The Morgan fingerprint density at radius 2 is 1.76 bits per heavy atom. The van der Waals surface area contributed by atoms with E-state index in [4.69, 9.17) is 4.74 Å². The third-order valence-corrected chi connectivity index (χ3v) is 8.13. The SMILES string of the molecule is Cn1cc(N(C2CCOCC2)S(=O)(=O)NC(=O)Nc2c3c(cc4c2CCC4)CCC3)cn1.[NaH]. The van der Waals surface area contributed by atoms with Crippen LogP contribution in [0.1, 0.15) is 47.9 Å². The fourth-order valence-corrected chi connectivity index (χ4v) is 6.62. The number of amides is 2. The number of carbonyl (C=O) groups is 1. The third kappa shape index (κ3) is 4.95. The van der Waals surface area contributed by atoms with Gasteiger partial charge in [0.25, 0.3) is 0 Å². The van der Waals surface area contributed by atoms with Crippen molar-refractivity contribution in [3.05, 3.63) is 40.7 Å². The standard InChI is InChI=1S/C22H29N5O4S.Na.H/c1-26-14-18(13-23-26)27(17-8-10-31-11-9-17)32(29,30)25-22(28)24-21-19-6-2-4-15(19)12-16-5-3-7-20(16)21;;/h12-14,17H,2-11H2,1H3,(H2,24,25,28);;. The first-order valence-electron chi connectivity index (χ1n) is 11.3. The van der Waals surface area contributed by atoms with Crippen LogP contribution in [0.25, 0.3) is 0 Å². The Kier molecular flexibility index (Phi) is 7.40. The predicted octanol–water partition coefficient (Wildman–Crippen LogP) is 1.80. The van der Waals surface area contributed by atoms with Crippen LogP contribution < -0.4 is 14.3 Å². The summed E-state index contributed by atoms with van der Waals surface area (Å²) < 4.78 is 37.3. The number of rotatable bonds is 5. The molecule has 0 saturated carbocycles. The molecule has 1 aromatic carbocycles. The van der Waals surface area contributed by atoms with E-state index in [0.29, 0.717) is 31.7 Å². The van der Waals surface area contributed by atoms with Crippen LogP contribution in [0.3, 0.4) is 0 Å². The van der Waals surface area contributed by atoms with E-state index in [1.54, 1.807) is 17.9 Å². The maximum atomic E-state index is 13.4. The number of ether oxygens (including phenoxy) is 1. The summed E-state index contributed by atoms with van der Waals surface area (Å²) in [5.41, 5.74) is 6.13. The molecule has 0 unspecified atom stereocenters. The Morgan fingerprint density at radius 3 is 2.33 bits per heavy atom. The molecule has 1 aliphatic heterocycles. The van der Waals surface area contributed by atoms with E-state index < -0.39 is 16.2 Å². The number of carbonyl (C=O) groups excluding carboxylic acids is 1. The average Bonchev–Trinajstić information content (AvgIpc) is 3.49. The van der Waals surface area contributed by atoms with Crippen molar-refractivity contribution in [1.82, 2.24) is 14.5 Å². The summed E-state index contributed by atoms with van der Waals surface area (Å²) in [6.45, 7) is 0.955. The van der Waals surface area contributed by atoms with Gasteiger partial charge in [0.05, 0.1) is 17.9 Å². The first-order valence-corrected chi connectivity index (χ1v) is 12.7. The number of benzene rings is 1. The summed E-state index contributed by atoms with van der Waals surface area (Å²) in [6.07, 6.45) is 10.2. The van der Waals surface area contributed by atoms with E-state index in [9.17, 15) is 13.2 Å². The van der Waals surface area contributed by atoms with Crippen molar-refractivity contribution in [2.45, 2.75) is 57.4 Å². The zero-order valence-electron chi connectivity index (χ0n) is 18.3. The van der Waals surface area contributed by atoms with E-state index in [-0.39, 0.29) is 35.6 Å². The Balaban J connectivity index is 0.00000259. The molecule has 1 aromatic heterocycles. The van der Waals surface area contributed by atoms with Crippen LogP contribution in [0.2, 0.25) is 0 Å². The van der Waals surface area contributed by atoms with Gasteiger partial charge in [0.1, 0.15) is 0 Å². The number of anilines is 2. The van der Waals surface area contributed by atoms with E-state index in [2.05, 4.69) is 21.2 Å². The van der Waals surface area contributed by atoms with Crippen LogP contribution >= 0.6 is 0 Å². The average molecular weight is 484 g/mol. The molecule has 1 saturated heterocycles. The second-order valence-corrected chi connectivity index (χ2v) is 10.4. The summed E-state index contributed by atoms with van der Waals surface area (Å²) in [6, 6.07) is 1.25. The Hall–Kier alpha value is -1.59. The quantitative estimate of drug-likeness (QED) is 0.631. The van der Waals surface area contributed by atoms with E-state index in [1.165, 1.54) is 21.6 Å². The molecule has 0 bridgehead atoms. The Labute approximate surface area is 216 Å². The number of aryl methyl sites for hydroxylation is 3. The van der Waals surface area contributed by atoms with E-state index >= 15 is 0 Å². The number of fused-ring (bicyclic) bond motifs is 2. The first-order chi connectivity index (χ1) is 15.4. The molecule has 0 radical (unpaired) electrons. The van der Waals surface area contributed by atoms with Gasteiger partial charge < -0.3 is 10.1 Å². The van der Waals surface area contributed by atoms with Crippen molar-refractivity contribution >= 4 is 57.2 Å². The van der Waals surface area contributed by atoms with Crippen LogP contribution in [0.4, 0.5) is 16.2 Å². The molecule has 9 nitrogen and oxygen atoms in total. The summed E-state index contributed by atoms with van der Waals surface area (Å²) in [7, 11) is -2.42. The van der Waals surface area contributed by atoms with Crippen LogP contribution in [-0.2, 0) is 47.7 Å². The molecule has 1 fully saturated rings. The number of aromatic nitrogens is 2. The fraction of sp³-hybridized carbons (Fsp3) is 0.545. The van der Waals surface area contributed by atoms with Crippen LogP contribution in [0.5, 0.6) is 0 Å². The minimum absolute atomic E-state index is 0. The van der Waals surface area contributed by atoms with E-state index in [0.717, 1.165) is 55.3 Å². The molecule has 5 rings (SSSR count). The van der Waals surface area contributed by atoms with Gasteiger partial charge in [-0.25, -0.2) is 13.8 Å². The van der Waals surface area contributed by atoms with Crippen LogP contribution in [0.15, 0.2) is 18.5 Å². The molecule has 2 amide bonds. The third-order valence-electron chi connectivity index (χ3n) is 6.66. The number of hydrogen-bond acceptors (Lipinski definition) is 5. The number of urea groups is 1. The van der Waals surface area contributed by atoms with Crippen molar-refractivity contribution in [2.75, 3.05) is 22.8 Å². The Bertz CT molecular complexity index is 1110. The molecule has 11 heteroatoms. The van der Waals surface area contributed by atoms with Gasteiger partial charge >= 0.3 is 45.8 Å². The van der Waals surface area contributed by atoms with E-state index in [1.807, 2.05) is 0 Å². The van der Waals surface area contributed by atoms with Gasteiger partial charge in [0.15, 0.2) is 0 Å². The molecule has 2 aliphatic carbocycles. The molecular formula is C22H30N5NaO4S. The molecule has 0 atom stereocenters. The Morgan fingerprint density at radius 1 is 1.12 bits per heavy atom. The van der Waals surface area contributed by atoms with Gasteiger partial charge in [0, 0.05) is 32.1 Å². The van der Waals surface area contributed by atoms with Crippen molar-refractivity contribution in [2.24, 2.45) is 7.05 Å². The van der Waals surface area contributed by atoms with Crippen molar-refractivity contribution < 1.29 is 17.9 Å². The molecule has 174 valence electrons. The zero-order chi connectivity index (χ0) is 22.3. The summed E-state index contributed by atoms with van der Waals surface area (Å²) >= 11 is 0. The number of nitrogens with one attached hydrogen (secondary N) is 2. The monoisotopic (exact) mass is 483 g/mol. The molecule has 33 heavy (non-hydrogen) atoms. The topological polar surface area (TPSA) is 106 Å². The summed E-state index contributed by atoms with van der Waals surface area (Å²) in [4.78, 5) is 13.0. The van der Waals surface area contributed by atoms with Crippen molar-refractivity contribution in [3.8, 4) is 0 Å². The molecular weight excluding hydrogens is 453 g/mol. The van der Waals surface area contributed by atoms with Gasteiger partial charge in [-0.1, -0.05) is 6.07 Å². The second kappa shape index (κ2) is 9.95. The normalized spacial score (nSPS) is 17.7. The number of nitrogens with zero attached hydrogens (tertiary/aromatic N) is 3. The molecule has 2 N–H and O–H groups in total. The van der Waals surface area contributed by atoms with Gasteiger partial charge in [-0.2, -0.15) is 13.5 Å². The minimum atomic E-state index is -4.15. The van der Waals surface area contributed by atoms with Crippen LogP contribution in [-0.4, -0.2) is 73.0 Å². The summed E-state index contributed by atoms with van der Waals surface area (Å²) in [5.74, 6) is 0. The van der Waals surface area contributed by atoms with Gasteiger partial charge in [0.2, 0.25) is 0 Å². The molecule has 3 aliphatic rings. The molecule has 2 aromatic rings. The predicted molar refractivity (Wildman–Crippen MR) is 128 cm³/mol. The fourth-order valence-electron chi connectivity index (χ4n) is 5.26. The second-order valence-electron chi connectivity index (χ2n) is 8.81. The zero-order valence-corrected chi connectivity index (χ0v) is 19.1. The number of hydrogen-bond donors (Lipinski definition) is 2. The van der Waals surface area contributed by atoms with Gasteiger partial charge in [-0.3, -0.25) is 4.68 Å². The van der Waals surface area contributed by atoms with Crippen molar-refractivity contribution in [1.29, 1.82) is 0 Å². The molecule has 0 spiro atoms. The first kappa shape index (κ1) is 24.5.